The standard InChI is InChI=1S/C30H33N5/c1-20(2)28-26-16-23(15-25-10-7-13-34(25)17-22-8-5-4-6-9-22)11-12-27(26)33-29(28)24-14-21(3)30-31-19-32-35(30)18-24/h4-6,8-9,11,14,16,18-20,25H,7,10,12-13,15,17H2,1-3H3. The van der Waals surface area contributed by atoms with Gasteiger partial charge in [0, 0.05) is 36.3 Å². The lowest BCUT2D eigenvalue weighted by atomic mass is 9.85. The molecule has 6 rings (SSSR count). The van der Waals surface area contributed by atoms with Crippen LogP contribution < -0.4 is 0 Å². The third-order valence-electron chi connectivity index (χ3n) is 7.60. The molecule has 178 valence electrons. The summed E-state index contributed by atoms with van der Waals surface area (Å²) in [6, 6.07) is 13.7. The van der Waals surface area contributed by atoms with E-state index in [0.29, 0.717) is 12.0 Å². The van der Waals surface area contributed by atoms with Gasteiger partial charge < -0.3 is 0 Å². The maximum absolute atomic E-state index is 5.16. The van der Waals surface area contributed by atoms with Crippen LogP contribution in [0.1, 0.15) is 56.2 Å². The topological polar surface area (TPSA) is 45.8 Å². The molecule has 3 aromatic rings. The maximum atomic E-state index is 5.16. The number of fused-ring (bicyclic) bond motifs is 2. The number of nitrogens with zero attached hydrogens (tertiary/aromatic N) is 5. The van der Waals surface area contributed by atoms with Crippen LogP contribution in [0.5, 0.6) is 0 Å². The molecule has 1 atom stereocenters. The molecule has 4 heterocycles. The van der Waals surface area contributed by atoms with Gasteiger partial charge in [0.25, 0.3) is 0 Å². The number of aryl methyl sites for hydroxylation is 1. The van der Waals surface area contributed by atoms with Gasteiger partial charge in [-0.3, -0.25) is 9.89 Å². The van der Waals surface area contributed by atoms with Gasteiger partial charge in [0.2, 0.25) is 0 Å². The van der Waals surface area contributed by atoms with E-state index in [4.69, 9.17) is 4.99 Å². The van der Waals surface area contributed by atoms with Gasteiger partial charge in [-0.2, -0.15) is 5.10 Å². The molecule has 0 radical (unpaired) electrons. The Morgan fingerprint density at radius 1 is 1.14 bits per heavy atom. The highest BCUT2D eigenvalue weighted by molar-refractivity contribution is 6.14. The average Bonchev–Trinajstić information content (AvgIpc) is 3.58. The Morgan fingerprint density at radius 2 is 2.00 bits per heavy atom. The van der Waals surface area contributed by atoms with Crippen LogP contribution in [0.2, 0.25) is 0 Å². The zero-order valence-electron chi connectivity index (χ0n) is 20.9. The fraction of sp³-hybridized carbons (Fsp3) is 0.367. The number of pyridine rings is 1. The van der Waals surface area contributed by atoms with Crippen molar-refractivity contribution in [3.63, 3.8) is 0 Å². The van der Waals surface area contributed by atoms with Crippen LogP contribution in [0, 0.1) is 12.8 Å². The Morgan fingerprint density at radius 3 is 2.83 bits per heavy atom. The fourth-order valence-corrected chi connectivity index (χ4v) is 5.92. The molecule has 1 saturated heterocycles. The maximum Gasteiger partial charge on any atom is 0.158 e. The quantitative estimate of drug-likeness (QED) is 0.439. The zero-order valence-corrected chi connectivity index (χ0v) is 20.9. The Balaban J connectivity index is 1.28. The highest BCUT2D eigenvalue weighted by Gasteiger charge is 2.31. The van der Waals surface area contributed by atoms with Crippen LogP contribution in [-0.2, 0) is 6.54 Å². The van der Waals surface area contributed by atoms with Crippen molar-refractivity contribution < 1.29 is 0 Å². The van der Waals surface area contributed by atoms with Crippen LogP contribution in [-0.4, -0.2) is 37.8 Å². The molecule has 0 bridgehead atoms. The molecule has 3 aliphatic rings. The Hall–Kier alpha value is -3.31. The van der Waals surface area contributed by atoms with E-state index in [-0.39, 0.29) is 0 Å². The zero-order chi connectivity index (χ0) is 23.9. The lowest BCUT2D eigenvalue weighted by molar-refractivity contribution is 0.244. The molecule has 1 unspecified atom stereocenters. The number of aromatic nitrogens is 3. The second-order valence-corrected chi connectivity index (χ2v) is 10.4. The van der Waals surface area contributed by atoms with Crippen LogP contribution >= 0.6 is 0 Å². The molecule has 1 aromatic carbocycles. The molecular weight excluding hydrogens is 430 g/mol. The Bertz CT molecular complexity index is 1390. The number of aliphatic imine (C=N–C) groups is 1. The van der Waals surface area contributed by atoms with E-state index in [1.807, 2.05) is 4.52 Å². The highest BCUT2D eigenvalue weighted by atomic mass is 15.3. The van der Waals surface area contributed by atoms with Gasteiger partial charge in [0.05, 0.1) is 11.4 Å². The third-order valence-corrected chi connectivity index (χ3v) is 7.60. The second kappa shape index (κ2) is 9.04. The number of allylic oxidation sites excluding steroid dienone is 4. The number of benzene rings is 1. The third kappa shape index (κ3) is 4.19. The van der Waals surface area contributed by atoms with Gasteiger partial charge >= 0.3 is 0 Å². The largest absolute Gasteiger partial charge is 0.296 e. The molecule has 35 heavy (non-hydrogen) atoms. The summed E-state index contributed by atoms with van der Waals surface area (Å²) in [6.45, 7) is 8.91. The minimum Gasteiger partial charge on any atom is -0.296 e. The molecule has 2 aromatic heterocycles. The average molecular weight is 464 g/mol. The first-order chi connectivity index (χ1) is 17.1. The minimum absolute atomic E-state index is 0.393. The predicted octanol–water partition coefficient (Wildman–Crippen LogP) is 6.17. The van der Waals surface area contributed by atoms with Gasteiger partial charge in [-0.25, -0.2) is 9.50 Å². The first-order valence-corrected chi connectivity index (χ1v) is 12.9. The summed E-state index contributed by atoms with van der Waals surface area (Å²) in [5.74, 6) is 0.393. The van der Waals surface area contributed by atoms with Crippen molar-refractivity contribution in [3.8, 4) is 0 Å². The molecule has 5 nitrogen and oxygen atoms in total. The van der Waals surface area contributed by atoms with E-state index < -0.39 is 0 Å². The lowest BCUT2D eigenvalue weighted by Gasteiger charge is -2.26. The first kappa shape index (κ1) is 22.2. The van der Waals surface area contributed by atoms with E-state index in [2.05, 4.69) is 90.5 Å². The SMILES string of the molecule is Cc1cc(C2=C(C(C)C)C3=CC(CC4CCCN4Cc4ccccc4)=CCC3=N2)cn2ncnc12. The molecule has 0 spiro atoms. The molecular formula is C30H33N5. The van der Waals surface area contributed by atoms with E-state index in [0.717, 1.165) is 41.9 Å². The molecule has 2 aliphatic heterocycles. The van der Waals surface area contributed by atoms with Crippen molar-refractivity contribution in [2.24, 2.45) is 10.9 Å². The van der Waals surface area contributed by atoms with Gasteiger partial charge in [-0.15, -0.1) is 0 Å². The van der Waals surface area contributed by atoms with Gasteiger partial charge in [-0.1, -0.05) is 50.3 Å². The Kier molecular flexibility index (Phi) is 5.73. The monoisotopic (exact) mass is 463 g/mol. The summed E-state index contributed by atoms with van der Waals surface area (Å²) in [5, 5.41) is 4.38. The summed E-state index contributed by atoms with van der Waals surface area (Å²) >= 11 is 0. The summed E-state index contributed by atoms with van der Waals surface area (Å²) in [5.41, 5.74) is 11.0. The van der Waals surface area contributed by atoms with E-state index in [9.17, 15) is 0 Å². The molecule has 5 heteroatoms. The number of likely N-dealkylation sites (tertiary alicyclic amines) is 1. The Labute approximate surface area is 207 Å². The molecule has 0 amide bonds. The summed E-state index contributed by atoms with van der Waals surface area (Å²) in [7, 11) is 0. The van der Waals surface area contributed by atoms with Gasteiger partial charge in [-0.05, 0) is 73.1 Å². The predicted molar refractivity (Wildman–Crippen MR) is 142 cm³/mol. The van der Waals surface area contributed by atoms with Crippen LogP contribution in [0.25, 0.3) is 11.3 Å². The fourth-order valence-electron chi connectivity index (χ4n) is 5.92. The van der Waals surface area contributed by atoms with Crippen molar-refractivity contribution in [2.75, 3.05) is 6.54 Å². The van der Waals surface area contributed by atoms with Crippen LogP contribution in [0.4, 0.5) is 0 Å². The van der Waals surface area contributed by atoms with E-state index in [1.54, 1.807) is 6.33 Å². The summed E-state index contributed by atoms with van der Waals surface area (Å²) in [4.78, 5) is 12.2. The smallest absolute Gasteiger partial charge is 0.158 e. The van der Waals surface area contributed by atoms with Crippen molar-refractivity contribution in [1.82, 2.24) is 19.5 Å². The van der Waals surface area contributed by atoms with Gasteiger partial charge in [0.1, 0.15) is 6.33 Å². The molecule has 1 aliphatic carbocycles. The highest BCUT2D eigenvalue weighted by Crippen LogP contribution is 2.41. The lowest BCUT2D eigenvalue weighted by Crippen LogP contribution is -2.29. The molecule has 0 N–H and O–H groups in total. The summed E-state index contributed by atoms with van der Waals surface area (Å²) in [6.07, 6.45) is 13.1. The van der Waals surface area contributed by atoms with E-state index >= 15 is 0 Å². The minimum atomic E-state index is 0.393. The normalized spacial score (nSPS) is 20.5. The van der Waals surface area contributed by atoms with Crippen molar-refractivity contribution in [2.45, 2.75) is 59.0 Å². The first-order valence-electron chi connectivity index (χ1n) is 12.9. The van der Waals surface area contributed by atoms with Gasteiger partial charge in [0.15, 0.2) is 5.65 Å². The molecule has 0 saturated carbocycles. The summed E-state index contributed by atoms with van der Waals surface area (Å²) < 4.78 is 1.87. The number of rotatable bonds is 6. The van der Waals surface area contributed by atoms with Crippen molar-refractivity contribution in [1.29, 1.82) is 0 Å². The molecule has 1 fully saturated rings. The number of hydrogen-bond donors (Lipinski definition) is 0. The number of hydrogen-bond acceptors (Lipinski definition) is 4. The van der Waals surface area contributed by atoms with Crippen LogP contribution in [0.15, 0.2) is 82.8 Å². The second-order valence-electron chi connectivity index (χ2n) is 10.4. The van der Waals surface area contributed by atoms with Crippen molar-refractivity contribution >= 4 is 17.1 Å². The van der Waals surface area contributed by atoms with Crippen LogP contribution in [0.3, 0.4) is 0 Å². The van der Waals surface area contributed by atoms with E-state index in [1.165, 1.54) is 47.4 Å². The van der Waals surface area contributed by atoms with Crippen molar-refractivity contribution in [3.05, 3.63) is 94.5 Å².